The minimum atomic E-state index is -0.626. The number of hydrogen-bond acceptors (Lipinski definition) is 5. The zero-order valence-corrected chi connectivity index (χ0v) is 18.0. The van der Waals surface area contributed by atoms with E-state index < -0.39 is 6.04 Å². The summed E-state index contributed by atoms with van der Waals surface area (Å²) in [7, 11) is 0. The molecular formula is C22H31N5O3. The predicted molar refractivity (Wildman–Crippen MR) is 116 cm³/mol. The maximum atomic E-state index is 13.0. The van der Waals surface area contributed by atoms with Crippen LogP contribution in [0, 0.1) is 11.8 Å². The van der Waals surface area contributed by atoms with E-state index in [-0.39, 0.29) is 11.5 Å². The lowest BCUT2D eigenvalue weighted by atomic mass is 9.92. The number of carbonyl (C=O) groups excluding carboxylic acids is 1. The van der Waals surface area contributed by atoms with E-state index in [4.69, 9.17) is 4.42 Å². The molecule has 1 aliphatic heterocycles. The maximum Gasteiger partial charge on any atom is 0.291 e. The number of aromatic nitrogens is 3. The van der Waals surface area contributed by atoms with Gasteiger partial charge in [0.1, 0.15) is 17.9 Å². The Kier molecular flexibility index (Phi) is 5.94. The fraction of sp³-hybridized carbons (Fsp3) is 0.591. The molecule has 0 spiro atoms. The van der Waals surface area contributed by atoms with E-state index in [0.717, 1.165) is 43.4 Å². The highest BCUT2D eigenvalue weighted by atomic mass is 16.3. The highest BCUT2D eigenvalue weighted by Gasteiger charge is 2.23. The molecule has 1 fully saturated rings. The van der Waals surface area contributed by atoms with Crippen LogP contribution in [0.2, 0.25) is 0 Å². The highest BCUT2D eigenvalue weighted by molar-refractivity contribution is 5.82. The van der Waals surface area contributed by atoms with Gasteiger partial charge in [-0.05, 0) is 37.6 Å². The molecule has 1 saturated heterocycles. The fourth-order valence-electron chi connectivity index (χ4n) is 4.81. The van der Waals surface area contributed by atoms with Crippen molar-refractivity contribution in [2.75, 3.05) is 26.2 Å². The molecule has 8 nitrogen and oxygen atoms in total. The largest absolute Gasteiger partial charge is 0.463 e. The standard InChI is InChI=1S/C22H31N5O3/c1-4-17(21(28)23-7-5-8-25-12-15(2)10-16(3)13-25)27-22(29)19-11-20-18(6-9-30-20)26(19)14-24-27/h6,9,11,14-17H,4-5,7-8,10,12-13H2,1-3H3,(H,23,28)/t15-,16-,17+/m0/s1. The van der Waals surface area contributed by atoms with Crippen LogP contribution in [0.5, 0.6) is 0 Å². The lowest BCUT2D eigenvalue weighted by Gasteiger charge is -2.35. The molecule has 0 aliphatic carbocycles. The molecule has 30 heavy (non-hydrogen) atoms. The monoisotopic (exact) mass is 413 g/mol. The van der Waals surface area contributed by atoms with Crippen LogP contribution in [0.4, 0.5) is 0 Å². The van der Waals surface area contributed by atoms with Crippen molar-refractivity contribution < 1.29 is 9.21 Å². The molecule has 3 aromatic rings. The van der Waals surface area contributed by atoms with Gasteiger partial charge < -0.3 is 14.6 Å². The van der Waals surface area contributed by atoms with Crippen molar-refractivity contribution in [3.8, 4) is 0 Å². The van der Waals surface area contributed by atoms with Crippen molar-refractivity contribution in [1.82, 2.24) is 24.4 Å². The van der Waals surface area contributed by atoms with Crippen molar-refractivity contribution >= 4 is 22.5 Å². The molecule has 0 radical (unpaired) electrons. The van der Waals surface area contributed by atoms with Gasteiger partial charge in [0, 0.05) is 31.8 Å². The van der Waals surface area contributed by atoms with E-state index in [0.29, 0.717) is 24.1 Å². The Labute approximate surface area is 175 Å². The molecule has 1 N–H and O–H groups in total. The van der Waals surface area contributed by atoms with E-state index in [2.05, 4.69) is 29.2 Å². The van der Waals surface area contributed by atoms with Gasteiger partial charge in [-0.3, -0.25) is 14.0 Å². The Morgan fingerprint density at radius 2 is 2.07 bits per heavy atom. The lowest BCUT2D eigenvalue weighted by Crippen LogP contribution is -2.41. The molecule has 8 heteroatoms. The second-order valence-corrected chi connectivity index (χ2v) is 8.72. The summed E-state index contributed by atoms with van der Waals surface area (Å²) < 4.78 is 8.37. The number of hydrogen-bond donors (Lipinski definition) is 1. The maximum absolute atomic E-state index is 13.0. The SMILES string of the molecule is CC[C@H](C(=O)NCCCN1C[C@@H](C)C[C@H](C)C1)n1ncn2c(cc3occc32)c1=O. The van der Waals surface area contributed by atoms with Gasteiger partial charge in [0.15, 0.2) is 5.58 Å². The van der Waals surface area contributed by atoms with Gasteiger partial charge in [0.2, 0.25) is 5.91 Å². The summed E-state index contributed by atoms with van der Waals surface area (Å²) in [5.74, 6) is 1.31. The van der Waals surface area contributed by atoms with Gasteiger partial charge in [-0.25, -0.2) is 4.68 Å². The first-order valence-electron chi connectivity index (χ1n) is 10.9. The third kappa shape index (κ3) is 4.01. The van der Waals surface area contributed by atoms with Crippen LogP contribution in [0.1, 0.15) is 46.1 Å². The Morgan fingerprint density at radius 3 is 2.80 bits per heavy atom. The van der Waals surface area contributed by atoms with Crippen LogP contribution in [0.3, 0.4) is 0 Å². The third-order valence-electron chi connectivity index (χ3n) is 6.06. The Morgan fingerprint density at radius 1 is 1.30 bits per heavy atom. The molecule has 3 aromatic heterocycles. The summed E-state index contributed by atoms with van der Waals surface area (Å²) in [6, 6.07) is 2.86. The Balaban J connectivity index is 1.39. The lowest BCUT2D eigenvalue weighted by molar-refractivity contribution is -0.124. The summed E-state index contributed by atoms with van der Waals surface area (Å²) in [5, 5.41) is 7.28. The van der Waals surface area contributed by atoms with Crippen LogP contribution in [-0.4, -0.2) is 51.2 Å². The molecule has 1 aliphatic rings. The molecule has 3 atom stereocenters. The summed E-state index contributed by atoms with van der Waals surface area (Å²) in [6.45, 7) is 10.4. The smallest absolute Gasteiger partial charge is 0.291 e. The second-order valence-electron chi connectivity index (χ2n) is 8.72. The van der Waals surface area contributed by atoms with E-state index in [1.165, 1.54) is 11.1 Å². The first-order chi connectivity index (χ1) is 14.5. The number of likely N-dealkylation sites (tertiary alicyclic amines) is 1. The van der Waals surface area contributed by atoms with E-state index in [1.54, 1.807) is 29.1 Å². The van der Waals surface area contributed by atoms with Gasteiger partial charge in [-0.15, -0.1) is 0 Å². The predicted octanol–water partition coefficient (Wildman–Crippen LogP) is 2.68. The minimum Gasteiger partial charge on any atom is -0.463 e. The van der Waals surface area contributed by atoms with Gasteiger partial charge in [0.05, 0.1) is 11.8 Å². The van der Waals surface area contributed by atoms with Gasteiger partial charge >= 0.3 is 0 Å². The summed E-state index contributed by atoms with van der Waals surface area (Å²) in [5.41, 5.74) is 1.59. The minimum absolute atomic E-state index is 0.160. The van der Waals surface area contributed by atoms with Crippen molar-refractivity contribution in [3.05, 3.63) is 35.1 Å². The van der Waals surface area contributed by atoms with Crippen molar-refractivity contribution in [2.45, 2.75) is 46.1 Å². The number of furan rings is 1. The third-order valence-corrected chi connectivity index (χ3v) is 6.06. The molecule has 0 saturated carbocycles. The first-order valence-corrected chi connectivity index (χ1v) is 10.9. The number of carbonyl (C=O) groups is 1. The molecule has 0 bridgehead atoms. The summed E-state index contributed by atoms with van der Waals surface area (Å²) in [4.78, 5) is 28.2. The second kappa shape index (κ2) is 8.63. The van der Waals surface area contributed by atoms with E-state index in [1.807, 2.05) is 6.92 Å². The van der Waals surface area contributed by atoms with E-state index in [9.17, 15) is 9.59 Å². The number of rotatable bonds is 7. The van der Waals surface area contributed by atoms with Crippen molar-refractivity contribution in [2.24, 2.45) is 11.8 Å². The summed E-state index contributed by atoms with van der Waals surface area (Å²) in [6.07, 6.45) is 5.84. The van der Waals surface area contributed by atoms with Crippen molar-refractivity contribution in [3.63, 3.8) is 0 Å². The fourth-order valence-corrected chi connectivity index (χ4v) is 4.81. The molecule has 162 valence electrons. The zero-order chi connectivity index (χ0) is 21.3. The topological polar surface area (TPSA) is 84.8 Å². The normalized spacial score (nSPS) is 21.3. The molecule has 0 aromatic carbocycles. The first kappa shape index (κ1) is 20.7. The van der Waals surface area contributed by atoms with E-state index >= 15 is 0 Å². The average molecular weight is 414 g/mol. The number of fused-ring (bicyclic) bond motifs is 3. The molecule has 4 heterocycles. The molecular weight excluding hydrogens is 382 g/mol. The van der Waals surface area contributed by atoms with Crippen LogP contribution in [-0.2, 0) is 4.79 Å². The van der Waals surface area contributed by atoms with Crippen LogP contribution in [0.25, 0.3) is 16.6 Å². The Bertz CT molecular complexity index is 1070. The molecule has 4 rings (SSSR count). The van der Waals surface area contributed by atoms with Crippen molar-refractivity contribution in [1.29, 1.82) is 0 Å². The number of nitrogens with one attached hydrogen (secondary N) is 1. The van der Waals surface area contributed by atoms with Gasteiger partial charge in [0.25, 0.3) is 5.56 Å². The molecule has 1 amide bonds. The van der Waals surface area contributed by atoms with Gasteiger partial charge in [-0.1, -0.05) is 20.8 Å². The van der Waals surface area contributed by atoms with Crippen LogP contribution >= 0.6 is 0 Å². The van der Waals surface area contributed by atoms with Crippen LogP contribution in [0.15, 0.2) is 33.9 Å². The number of amides is 1. The van der Waals surface area contributed by atoms with Crippen LogP contribution < -0.4 is 10.9 Å². The average Bonchev–Trinajstić information content (AvgIpc) is 3.29. The zero-order valence-electron chi connectivity index (χ0n) is 18.0. The molecule has 0 unspecified atom stereocenters. The quantitative estimate of drug-likeness (QED) is 0.602. The van der Waals surface area contributed by atoms with Gasteiger partial charge in [-0.2, -0.15) is 5.10 Å². The summed E-state index contributed by atoms with van der Waals surface area (Å²) >= 11 is 0. The number of nitrogens with zero attached hydrogens (tertiary/aromatic N) is 4. The highest BCUT2D eigenvalue weighted by Crippen LogP contribution is 2.21. The number of piperidine rings is 1. The Hall–Kier alpha value is -2.61.